The van der Waals surface area contributed by atoms with Gasteiger partial charge in [-0.1, -0.05) is 12.1 Å². The van der Waals surface area contributed by atoms with Gasteiger partial charge in [-0.3, -0.25) is 4.98 Å². The Balaban J connectivity index is 1.88. The third kappa shape index (κ3) is 3.00. The van der Waals surface area contributed by atoms with E-state index >= 15 is 0 Å². The molecule has 0 saturated heterocycles. The van der Waals surface area contributed by atoms with Crippen LogP contribution in [0.1, 0.15) is 5.56 Å². The smallest absolute Gasteiger partial charge is 0.254 e. The largest absolute Gasteiger partial charge is 0.416 e. The topological polar surface area (TPSA) is 25.8 Å². The molecule has 0 unspecified atom stereocenters. The van der Waals surface area contributed by atoms with Gasteiger partial charge >= 0.3 is 6.18 Å². The molecule has 0 saturated carbocycles. The molecule has 124 valence electrons. The van der Waals surface area contributed by atoms with Gasteiger partial charge in [0.25, 0.3) is 0 Å². The van der Waals surface area contributed by atoms with Gasteiger partial charge in [-0.2, -0.15) is 24.5 Å². The lowest BCUT2D eigenvalue weighted by molar-refractivity contribution is -0.137. The van der Waals surface area contributed by atoms with Gasteiger partial charge in [0.2, 0.25) is 0 Å². The monoisotopic (exact) mass is 356 g/mol. The highest BCUT2D eigenvalue weighted by Crippen LogP contribution is 2.34. The first-order chi connectivity index (χ1) is 12.0. The van der Waals surface area contributed by atoms with Crippen LogP contribution in [0, 0.1) is 0 Å². The van der Waals surface area contributed by atoms with Crippen LogP contribution in [-0.2, 0) is 6.18 Å². The van der Waals surface area contributed by atoms with E-state index in [9.17, 15) is 13.2 Å². The van der Waals surface area contributed by atoms with Crippen LogP contribution in [0.15, 0.2) is 65.5 Å². The molecule has 0 N–H and O–H groups in total. The molecule has 0 aliphatic heterocycles. The maximum atomic E-state index is 12.8. The van der Waals surface area contributed by atoms with Crippen LogP contribution < -0.4 is 0 Å². The molecular weight excluding hydrogens is 345 g/mol. The van der Waals surface area contributed by atoms with Crippen molar-refractivity contribution in [2.24, 2.45) is 0 Å². The van der Waals surface area contributed by atoms with E-state index in [-0.39, 0.29) is 0 Å². The first kappa shape index (κ1) is 15.8. The van der Waals surface area contributed by atoms with E-state index in [0.29, 0.717) is 16.8 Å². The molecule has 3 aromatic heterocycles. The van der Waals surface area contributed by atoms with Crippen LogP contribution in [0.5, 0.6) is 0 Å². The molecule has 0 amide bonds. The molecule has 0 atom stereocenters. The van der Waals surface area contributed by atoms with E-state index in [1.54, 1.807) is 23.6 Å². The molecule has 0 spiro atoms. The number of rotatable bonds is 2. The van der Waals surface area contributed by atoms with E-state index in [4.69, 9.17) is 0 Å². The fourth-order valence-corrected chi connectivity index (χ4v) is 3.33. The summed E-state index contributed by atoms with van der Waals surface area (Å²) in [5.74, 6) is 0. The third-order valence-corrected chi connectivity index (χ3v) is 4.59. The van der Waals surface area contributed by atoms with Gasteiger partial charge in [0.1, 0.15) is 0 Å². The predicted molar refractivity (Wildman–Crippen MR) is 93.3 cm³/mol. The van der Waals surface area contributed by atoms with Crippen molar-refractivity contribution in [3.63, 3.8) is 0 Å². The second-order valence-corrected chi connectivity index (χ2v) is 6.29. The second kappa shape index (κ2) is 5.97. The Morgan fingerprint density at radius 3 is 2.40 bits per heavy atom. The fraction of sp³-hybridized carbons (Fsp3) is 0.0526. The van der Waals surface area contributed by atoms with Crippen molar-refractivity contribution in [2.75, 3.05) is 0 Å². The van der Waals surface area contributed by atoms with Crippen molar-refractivity contribution in [1.82, 2.24) is 9.97 Å². The normalized spacial score (nSPS) is 11.8. The Bertz CT molecular complexity index is 1020. The number of thiophene rings is 1. The number of aromatic nitrogens is 2. The van der Waals surface area contributed by atoms with Crippen LogP contribution in [0.25, 0.3) is 33.4 Å². The molecule has 6 heteroatoms. The molecule has 0 aliphatic rings. The molecule has 0 aliphatic carbocycles. The summed E-state index contributed by atoms with van der Waals surface area (Å²) in [5, 5.41) is 3.99. The predicted octanol–water partition coefficient (Wildman–Crippen LogP) is 6.04. The Hall–Kier alpha value is -2.73. The minimum Gasteiger partial charge on any atom is -0.254 e. The van der Waals surface area contributed by atoms with Crippen molar-refractivity contribution in [1.29, 1.82) is 0 Å². The van der Waals surface area contributed by atoms with Gasteiger partial charge in [-0.25, -0.2) is 4.98 Å². The Morgan fingerprint density at radius 2 is 1.72 bits per heavy atom. The molecule has 1 aromatic carbocycles. The van der Waals surface area contributed by atoms with Crippen molar-refractivity contribution >= 4 is 22.4 Å². The molecule has 2 nitrogen and oxygen atoms in total. The number of nitrogens with zero attached hydrogens (tertiary/aromatic N) is 2. The van der Waals surface area contributed by atoms with E-state index in [2.05, 4.69) is 9.97 Å². The molecule has 3 heterocycles. The lowest BCUT2D eigenvalue weighted by atomic mass is 10.0. The number of fused-ring (bicyclic) bond motifs is 1. The average Bonchev–Trinajstić information content (AvgIpc) is 3.14. The highest BCUT2D eigenvalue weighted by Gasteiger charge is 2.30. The summed E-state index contributed by atoms with van der Waals surface area (Å²) in [6.07, 6.45) is -2.64. The number of halogens is 3. The molecule has 0 radical (unpaired) electrons. The molecule has 4 aromatic rings. The van der Waals surface area contributed by atoms with Crippen molar-refractivity contribution in [3.05, 3.63) is 71.1 Å². The van der Waals surface area contributed by atoms with Crippen LogP contribution in [0.4, 0.5) is 13.2 Å². The lowest BCUT2D eigenvalue weighted by Gasteiger charge is -2.10. The number of hydrogen-bond donors (Lipinski definition) is 0. The Labute approximate surface area is 145 Å². The number of benzene rings is 1. The molecule has 4 rings (SSSR count). The minimum atomic E-state index is -4.35. The summed E-state index contributed by atoms with van der Waals surface area (Å²) in [6, 6.07) is 12.6. The molecule has 25 heavy (non-hydrogen) atoms. The summed E-state index contributed by atoms with van der Waals surface area (Å²) in [4.78, 5) is 8.98. The summed E-state index contributed by atoms with van der Waals surface area (Å²) in [7, 11) is 0. The summed E-state index contributed by atoms with van der Waals surface area (Å²) in [5.41, 5.74) is 4.01. The fourth-order valence-electron chi connectivity index (χ4n) is 2.68. The lowest BCUT2D eigenvalue weighted by Crippen LogP contribution is -2.04. The van der Waals surface area contributed by atoms with Crippen molar-refractivity contribution in [2.45, 2.75) is 6.18 Å². The highest BCUT2D eigenvalue weighted by molar-refractivity contribution is 7.08. The summed E-state index contributed by atoms with van der Waals surface area (Å²) < 4.78 is 38.3. The van der Waals surface area contributed by atoms with Gasteiger partial charge in [-0.15, -0.1) is 0 Å². The first-order valence-corrected chi connectivity index (χ1v) is 8.42. The van der Waals surface area contributed by atoms with E-state index < -0.39 is 11.7 Å². The minimum absolute atomic E-state index is 0.621. The Kier molecular flexibility index (Phi) is 3.77. The Morgan fingerprint density at radius 1 is 0.920 bits per heavy atom. The van der Waals surface area contributed by atoms with Crippen LogP contribution >= 0.6 is 11.3 Å². The third-order valence-electron chi connectivity index (χ3n) is 3.90. The van der Waals surface area contributed by atoms with Gasteiger partial charge in [-0.05, 0) is 52.7 Å². The number of hydrogen-bond acceptors (Lipinski definition) is 3. The molecular formula is C19H11F3N2S. The maximum Gasteiger partial charge on any atom is 0.416 e. The van der Waals surface area contributed by atoms with Gasteiger partial charge in [0.05, 0.1) is 22.3 Å². The summed E-state index contributed by atoms with van der Waals surface area (Å²) in [6.45, 7) is 0. The van der Waals surface area contributed by atoms with Crippen LogP contribution in [0.2, 0.25) is 0 Å². The van der Waals surface area contributed by atoms with Crippen LogP contribution in [0.3, 0.4) is 0 Å². The number of alkyl halides is 3. The zero-order valence-electron chi connectivity index (χ0n) is 12.8. The molecule has 0 bridgehead atoms. The first-order valence-electron chi connectivity index (χ1n) is 7.48. The SMILES string of the molecule is FC(F)(F)c1ccc(-c2cc(-c3ccsc3)c3ncccc3n2)cc1. The zero-order chi connectivity index (χ0) is 17.4. The van der Waals surface area contributed by atoms with Crippen LogP contribution in [-0.4, -0.2) is 9.97 Å². The van der Waals surface area contributed by atoms with Crippen molar-refractivity contribution < 1.29 is 13.2 Å². The maximum absolute atomic E-state index is 12.8. The van der Waals surface area contributed by atoms with E-state index in [1.165, 1.54) is 12.1 Å². The van der Waals surface area contributed by atoms with Gasteiger partial charge in [0, 0.05) is 17.3 Å². The van der Waals surface area contributed by atoms with E-state index in [1.807, 2.05) is 29.0 Å². The van der Waals surface area contributed by atoms with Crippen molar-refractivity contribution in [3.8, 4) is 22.4 Å². The van der Waals surface area contributed by atoms with E-state index in [0.717, 1.165) is 28.8 Å². The average molecular weight is 356 g/mol. The number of pyridine rings is 2. The van der Waals surface area contributed by atoms with Gasteiger partial charge in [0.15, 0.2) is 0 Å². The zero-order valence-corrected chi connectivity index (χ0v) is 13.6. The second-order valence-electron chi connectivity index (χ2n) is 5.51. The summed E-state index contributed by atoms with van der Waals surface area (Å²) >= 11 is 1.58. The highest BCUT2D eigenvalue weighted by atomic mass is 32.1. The quantitative estimate of drug-likeness (QED) is 0.437. The van der Waals surface area contributed by atoms with Gasteiger partial charge < -0.3 is 0 Å². The standard InChI is InChI=1S/C19H11F3N2S/c20-19(21,22)14-5-3-12(4-6-14)17-10-15(13-7-9-25-11-13)18-16(24-17)2-1-8-23-18/h1-11H. The molecule has 0 fully saturated rings.